The molecule has 0 radical (unpaired) electrons. The highest BCUT2D eigenvalue weighted by molar-refractivity contribution is 9.10. The zero-order valence-corrected chi connectivity index (χ0v) is 12.6. The average molecular weight is 347 g/mol. The van der Waals surface area contributed by atoms with Crippen LogP contribution in [0.25, 0.3) is 6.08 Å². The van der Waals surface area contributed by atoms with Crippen molar-refractivity contribution in [3.63, 3.8) is 0 Å². The fourth-order valence-electron chi connectivity index (χ4n) is 2.14. The Morgan fingerprint density at radius 1 is 1.14 bits per heavy atom. The lowest BCUT2D eigenvalue weighted by Gasteiger charge is -2.04. The Hall–Kier alpha value is -2.27. The highest BCUT2D eigenvalue weighted by Gasteiger charge is 2.29. The van der Waals surface area contributed by atoms with Crippen molar-refractivity contribution in [2.45, 2.75) is 6.92 Å². The number of aromatic hydroxyl groups is 2. The fraction of sp³-hybridized carbons (Fsp3) is 0.0625. The number of hydrogen-bond donors (Lipinski definition) is 2. The predicted octanol–water partition coefficient (Wildman–Crippen LogP) is 3.78. The Morgan fingerprint density at radius 2 is 1.86 bits per heavy atom. The SMILES string of the molecule is Cc1c(O)ccc2c1OC(=Cc1ccc(O)c(Br)c1)C2=O. The van der Waals surface area contributed by atoms with Gasteiger partial charge < -0.3 is 14.9 Å². The molecule has 0 bridgehead atoms. The van der Waals surface area contributed by atoms with E-state index >= 15 is 0 Å². The second kappa shape index (κ2) is 4.93. The number of ether oxygens (including phenoxy) is 1. The molecule has 0 saturated carbocycles. The van der Waals surface area contributed by atoms with Gasteiger partial charge in [-0.05, 0) is 58.8 Å². The molecule has 0 unspecified atom stereocenters. The Balaban J connectivity index is 2.02. The molecule has 0 atom stereocenters. The maximum atomic E-state index is 12.3. The molecule has 106 valence electrons. The number of benzene rings is 2. The van der Waals surface area contributed by atoms with Crippen molar-refractivity contribution in [1.82, 2.24) is 0 Å². The number of hydrogen-bond acceptors (Lipinski definition) is 4. The minimum atomic E-state index is -0.225. The van der Waals surface area contributed by atoms with E-state index in [0.717, 1.165) is 5.56 Å². The van der Waals surface area contributed by atoms with E-state index in [1.165, 1.54) is 12.1 Å². The van der Waals surface area contributed by atoms with E-state index in [1.54, 1.807) is 31.2 Å². The third-order valence-electron chi connectivity index (χ3n) is 3.33. The van der Waals surface area contributed by atoms with Crippen LogP contribution in [0.2, 0.25) is 0 Å². The first-order chi connectivity index (χ1) is 9.97. The number of phenols is 2. The van der Waals surface area contributed by atoms with E-state index in [-0.39, 0.29) is 23.0 Å². The summed E-state index contributed by atoms with van der Waals surface area (Å²) in [7, 11) is 0. The predicted molar refractivity (Wildman–Crippen MR) is 81.6 cm³/mol. The van der Waals surface area contributed by atoms with Crippen molar-refractivity contribution in [2.75, 3.05) is 0 Å². The third kappa shape index (κ3) is 2.29. The molecule has 21 heavy (non-hydrogen) atoms. The molecule has 0 saturated heterocycles. The van der Waals surface area contributed by atoms with Gasteiger partial charge in [0.25, 0.3) is 0 Å². The summed E-state index contributed by atoms with van der Waals surface area (Å²) in [5, 5.41) is 19.1. The molecule has 0 amide bonds. The zero-order chi connectivity index (χ0) is 15.1. The van der Waals surface area contributed by atoms with Crippen LogP contribution in [-0.4, -0.2) is 16.0 Å². The van der Waals surface area contributed by atoms with Gasteiger partial charge in [0, 0.05) is 5.56 Å². The number of halogens is 1. The number of rotatable bonds is 1. The number of allylic oxidation sites excluding steroid dienone is 1. The summed E-state index contributed by atoms with van der Waals surface area (Å²) < 4.78 is 6.11. The second-order valence-corrected chi connectivity index (χ2v) is 5.59. The first-order valence-electron chi connectivity index (χ1n) is 6.22. The van der Waals surface area contributed by atoms with Crippen LogP contribution < -0.4 is 4.74 Å². The number of carbonyl (C=O) groups excluding carboxylic acids is 1. The lowest BCUT2D eigenvalue weighted by molar-refractivity contribution is 0.101. The van der Waals surface area contributed by atoms with Crippen molar-refractivity contribution in [2.24, 2.45) is 0 Å². The van der Waals surface area contributed by atoms with Gasteiger partial charge in [0.2, 0.25) is 5.78 Å². The lowest BCUT2D eigenvalue weighted by Crippen LogP contribution is -1.97. The first kappa shape index (κ1) is 13.7. The van der Waals surface area contributed by atoms with Gasteiger partial charge in [0.05, 0.1) is 10.0 Å². The molecule has 2 N–H and O–H groups in total. The fourth-order valence-corrected chi connectivity index (χ4v) is 2.54. The van der Waals surface area contributed by atoms with Crippen LogP contribution in [-0.2, 0) is 0 Å². The minimum Gasteiger partial charge on any atom is -0.508 e. The Bertz CT molecular complexity index is 793. The monoisotopic (exact) mass is 346 g/mol. The molecule has 1 aliphatic heterocycles. The topological polar surface area (TPSA) is 66.8 Å². The van der Waals surface area contributed by atoms with Crippen LogP contribution in [0.15, 0.2) is 40.6 Å². The zero-order valence-electron chi connectivity index (χ0n) is 11.1. The number of carbonyl (C=O) groups is 1. The summed E-state index contributed by atoms with van der Waals surface area (Å²) in [6.07, 6.45) is 1.60. The molecule has 4 nitrogen and oxygen atoms in total. The van der Waals surface area contributed by atoms with Gasteiger partial charge in [-0.25, -0.2) is 0 Å². The lowest BCUT2D eigenvalue weighted by atomic mass is 10.1. The van der Waals surface area contributed by atoms with Gasteiger partial charge in [-0.15, -0.1) is 0 Å². The molecule has 0 aromatic heterocycles. The van der Waals surface area contributed by atoms with Crippen LogP contribution in [0.1, 0.15) is 21.5 Å². The summed E-state index contributed by atoms with van der Waals surface area (Å²) >= 11 is 3.22. The van der Waals surface area contributed by atoms with Crippen molar-refractivity contribution >= 4 is 27.8 Å². The quantitative estimate of drug-likeness (QED) is 0.771. The van der Waals surface area contributed by atoms with Crippen molar-refractivity contribution in [3.05, 3.63) is 57.3 Å². The normalized spacial score (nSPS) is 15.1. The van der Waals surface area contributed by atoms with Crippen LogP contribution in [0.4, 0.5) is 0 Å². The van der Waals surface area contributed by atoms with Gasteiger partial charge in [-0.1, -0.05) is 6.07 Å². The molecule has 1 heterocycles. The van der Waals surface area contributed by atoms with Gasteiger partial charge in [0.15, 0.2) is 5.76 Å². The standard InChI is InChI=1S/C16H11BrO4/c1-8-12(18)5-3-10-15(20)14(21-16(8)10)7-9-2-4-13(19)11(17)6-9/h2-7,18-19H,1H3. The second-order valence-electron chi connectivity index (χ2n) is 4.74. The van der Waals surface area contributed by atoms with E-state index in [4.69, 9.17) is 4.74 Å². The number of ketones is 1. The highest BCUT2D eigenvalue weighted by Crippen LogP contribution is 2.38. The maximum absolute atomic E-state index is 12.3. The van der Waals surface area contributed by atoms with Crippen LogP contribution in [0.5, 0.6) is 17.2 Å². The smallest absolute Gasteiger partial charge is 0.231 e. The Labute approximate surface area is 129 Å². The van der Waals surface area contributed by atoms with Gasteiger partial charge in [-0.2, -0.15) is 0 Å². The van der Waals surface area contributed by atoms with Crippen molar-refractivity contribution in [3.8, 4) is 17.2 Å². The van der Waals surface area contributed by atoms with Crippen molar-refractivity contribution < 1.29 is 19.7 Å². The number of Topliss-reactive ketones (excluding diaryl/α,β-unsaturated/α-hetero) is 1. The van der Waals surface area contributed by atoms with Crippen LogP contribution in [0, 0.1) is 6.92 Å². The molecule has 1 aliphatic rings. The first-order valence-corrected chi connectivity index (χ1v) is 7.02. The molecular weight excluding hydrogens is 336 g/mol. The summed E-state index contributed by atoms with van der Waals surface area (Å²) in [5.74, 6) is 0.577. The number of phenolic OH excluding ortho intramolecular Hbond substituents is 2. The third-order valence-corrected chi connectivity index (χ3v) is 3.96. The molecule has 0 aliphatic carbocycles. The summed E-state index contributed by atoms with van der Waals surface area (Å²) in [4.78, 5) is 12.3. The molecule has 5 heteroatoms. The van der Waals surface area contributed by atoms with Gasteiger partial charge >= 0.3 is 0 Å². The van der Waals surface area contributed by atoms with E-state index in [0.29, 0.717) is 21.3 Å². The van der Waals surface area contributed by atoms with E-state index < -0.39 is 0 Å². The highest BCUT2D eigenvalue weighted by atomic mass is 79.9. The van der Waals surface area contributed by atoms with Gasteiger partial charge in [0.1, 0.15) is 17.2 Å². The molecule has 3 rings (SSSR count). The van der Waals surface area contributed by atoms with Gasteiger partial charge in [-0.3, -0.25) is 4.79 Å². The molecule has 0 spiro atoms. The Kier molecular flexibility index (Phi) is 3.22. The van der Waals surface area contributed by atoms with E-state index in [1.807, 2.05) is 0 Å². The Morgan fingerprint density at radius 3 is 2.57 bits per heavy atom. The molecule has 0 fully saturated rings. The van der Waals surface area contributed by atoms with E-state index in [9.17, 15) is 15.0 Å². The molecular formula is C16H11BrO4. The summed E-state index contributed by atoms with van der Waals surface area (Å²) in [6.45, 7) is 1.70. The maximum Gasteiger partial charge on any atom is 0.231 e. The molecule has 2 aromatic carbocycles. The average Bonchev–Trinajstić information content (AvgIpc) is 2.76. The minimum absolute atomic E-state index is 0.0928. The van der Waals surface area contributed by atoms with Crippen molar-refractivity contribution in [1.29, 1.82) is 0 Å². The molecule has 2 aromatic rings. The summed E-state index contributed by atoms with van der Waals surface area (Å²) in [6, 6.07) is 7.92. The van der Waals surface area contributed by atoms with E-state index in [2.05, 4.69) is 15.9 Å². The van der Waals surface area contributed by atoms with Crippen LogP contribution >= 0.6 is 15.9 Å². The largest absolute Gasteiger partial charge is 0.508 e. The summed E-state index contributed by atoms with van der Waals surface area (Å²) in [5.41, 5.74) is 1.70. The number of fused-ring (bicyclic) bond motifs is 1. The van der Waals surface area contributed by atoms with Crippen LogP contribution in [0.3, 0.4) is 0 Å².